The van der Waals surface area contributed by atoms with Crippen LogP contribution in [0.5, 0.6) is 0 Å². The predicted molar refractivity (Wildman–Crippen MR) is 168 cm³/mol. The minimum Gasteiger partial charge on any atom is -0.375 e. The summed E-state index contributed by atoms with van der Waals surface area (Å²) < 4.78 is 0. The van der Waals surface area contributed by atoms with E-state index in [1.807, 2.05) is 72.8 Å². The van der Waals surface area contributed by atoms with Crippen molar-refractivity contribution in [3.05, 3.63) is 119 Å². The first-order valence-electron chi connectivity index (χ1n) is 15.9. The van der Waals surface area contributed by atoms with E-state index in [9.17, 15) is 25.2 Å². The second kappa shape index (κ2) is 11.0. The average molecular weight is 621 g/mol. The van der Waals surface area contributed by atoms with Crippen LogP contribution in [0, 0.1) is 0 Å². The van der Waals surface area contributed by atoms with Crippen LogP contribution in [0.4, 0.5) is 4.79 Å². The molecule has 9 nitrogen and oxygen atoms in total. The molecule has 0 amide bonds. The number of aliphatic hydroxyl groups is 4. The van der Waals surface area contributed by atoms with Crippen molar-refractivity contribution >= 4 is 6.16 Å². The van der Waals surface area contributed by atoms with Crippen molar-refractivity contribution in [1.82, 2.24) is 10.1 Å². The summed E-state index contributed by atoms with van der Waals surface area (Å²) in [6.07, 6.45) is -2.77. The van der Waals surface area contributed by atoms with Crippen LogP contribution in [0.3, 0.4) is 0 Å². The number of aliphatic hydroxyl groups excluding tert-OH is 2. The SMILES string of the molecule is O=C(ON1C(O)CCC1(O)CC1c2ccccc2-c2ccccc21)ON1C(O)CCC1(O)CC1c2ccccc2-c2ccccc21. The Kier molecular flexibility index (Phi) is 7.02. The summed E-state index contributed by atoms with van der Waals surface area (Å²) in [6, 6.07) is 32.1. The molecule has 2 saturated heterocycles. The first-order chi connectivity index (χ1) is 22.3. The molecule has 4 atom stereocenters. The Labute approximate surface area is 266 Å². The van der Waals surface area contributed by atoms with Crippen molar-refractivity contribution in [2.75, 3.05) is 0 Å². The van der Waals surface area contributed by atoms with Gasteiger partial charge in [-0.3, -0.25) is 0 Å². The van der Waals surface area contributed by atoms with Gasteiger partial charge in [0.25, 0.3) is 0 Å². The maximum Gasteiger partial charge on any atom is 0.548 e. The highest BCUT2D eigenvalue weighted by Crippen LogP contribution is 2.52. The molecule has 0 aromatic heterocycles. The van der Waals surface area contributed by atoms with Crippen LogP contribution >= 0.6 is 0 Å². The third-order valence-electron chi connectivity index (χ3n) is 10.3. The van der Waals surface area contributed by atoms with E-state index in [-0.39, 0.29) is 50.4 Å². The molecule has 236 valence electrons. The number of benzene rings is 4. The molecule has 4 N–H and O–H groups in total. The molecule has 8 rings (SSSR count). The van der Waals surface area contributed by atoms with Crippen LogP contribution in [-0.4, -0.2) is 60.6 Å². The fraction of sp³-hybridized carbons (Fsp3) is 0.324. The van der Waals surface area contributed by atoms with Crippen molar-refractivity contribution in [2.45, 2.75) is 74.3 Å². The Bertz CT molecular complexity index is 1590. The van der Waals surface area contributed by atoms with Gasteiger partial charge in [-0.25, -0.2) is 0 Å². The van der Waals surface area contributed by atoms with E-state index in [4.69, 9.17) is 9.68 Å². The number of carbonyl (C=O) groups excluding carboxylic acids is 1. The molecular weight excluding hydrogens is 584 g/mol. The number of fused-ring (bicyclic) bond motifs is 6. The topological polar surface area (TPSA) is 123 Å². The molecule has 4 aromatic rings. The maximum absolute atomic E-state index is 13.3. The summed E-state index contributed by atoms with van der Waals surface area (Å²) in [4.78, 5) is 24.4. The molecule has 2 fully saturated rings. The van der Waals surface area contributed by atoms with Gasteiger partial charge in [-0.15, -0.1) is 0 Å². The lowest BCUT2D eigenvalue weighted by molar-refractivity contribution is -0.336. The van der Waals surface area contributed by atoms with Gasteiger partial charge < -0.3 is 30.1 Å². The molecule has 4 unspecified atom stereocenters. The first kappa shape index (κ1) is 29.3. The van der Waals surface area contributed by atoms with E-state index in [2.05, 4.69) is 24.3 Å². The van der Waals surface area contributed by atoms with Crippen LogP contribution in [0.15, 0.2) is 97.1 Å². The third kappa shape index (κ3) is 4.66. The van der Waals surface area contributed by atoms with Crippen LogP contribution in [0.1, 0.15) is 72.6 Å². The fourth-order valence-corrected chi connectivity index (χ4v) is 8.20. The summed E-state index contributed by atoms with van der Waals surface area (Å²) in [7, 11) is 0. The van der Waals surface area contributed by atoms with Gasteiger partial charge >= 0.3 is 6.16 Å². The van der Waals surface area contributed by atoms with Gasteiger partial charge in [0.2, 0.25) is 0 Å². The number of nitrogens with zero attached hydrogens (tertiary/aromatic N) is 2. The molecule has 2 aliphatic carbocycles. The Balaban J connectivity index is 1.01. The van der Waals surface area contributed by atoms with Crippen molar-refractivity contribution in [2.24, 2.45) is 0 Å². The maximum atomic E-state index is 13.3. The zero-order valence-corrected chi connectivity index (χ0v) is 25.2. The summed E-state index contributed by atoms with van der Waals surface area (Å²) >= 11 is 0. The number of hydrogen-bond donors (Lipinski definition) is 4. The van der Waals surface area contributed by atoms with Gasteiger partial charge in [0.15, 0.2) is 11.4 Å². The van der Waals surface area contributed by atoms with Crippen molar-refractivity contribution in [3.63, 3.8) is 0 Å². The lowest BCUT2D eigenvalue weighted by atomic mass is 9.87. The van der Waals surface area contributed by atoms with E-state index in [0.29, 0.717) is 0 Å². The molecule has 0 saturated carbocycles. The Hall–Kier alpha value is -4.09. The fourth-order valence-electron chi connectivity index (χ4n) is 8.20. The van der Waals surface area contributed by atoms with Gasteiger partial charge in [0, 0.05) is 24.7 Å². The molecule has 0 bridgehead atoms. The highest BCUT2D eigenvalue weighted by molar-refractivity contribution is 5.79. The number of rotatable bonds is 6. The minimum atomic E-state index is -1.69. The van der Waals surface area contributed by atoms with Gasteiger partial charge in [-0.2, -0.15) is 4.79 Å². The monoisotopic (exact) mass is 620 g/mol. The molecule has 0 radical (unpaired) electrons. The lowest BCUT2D eigenvalue weighted by Crippen LogP contribution is -2.52. The number of hydrogen-bond acceptors (Lipinski definition) is 9. The lowest BCUT2D eigenvalue weighted by Gasteiger charge is -2.37. The summed E-state index contributed by atoms with van der Waals surface area (Å²) in [5, 5.41) is 47.3. The smallest absolute Gasteiger partial charge is 0.375 e. The standard InChI is InChI=1S/C37H36N2O7/c40-33-17-19-36(43,21-31-27-13-5-1-9-23(27)24-10-2-6-14-28(24)31)38(33)45-35(42)46-39-34(41)18-20-37(39,44)22-32-29-15-7-3-11-25(29)26-12-4-8-16-30(26)32/h1-16,31-34,40-41,43-44H,17-22H2. The molecule has 2 heterocycles. The van der Waals surface area contributed by atoms with Crippen LogP contribution in [0.25, 0.3) is 22.3 Å². The minimum absolute atomic E-state index is 0.166. The normalized spacial score (nSPS) is 27.3. The molecule has 9 heteroatoms. The largest absolute Gasteiger partial charge is 0.548 e. The average Bonchev–Trinajstić information content (AvgIpc) is 3.74. The van der Waals surface area contributed by atoms with E-state index >= 15 is 0 Å². The van der Waals surface area contributed by atoms with Crippen LogP contribution < -0.4 is 0 Å². The summed E-state index contributed by atoms with van der Waals surface area (Å²) in [5.74, 6) is -0.375. The van der Waals surface area contributed by atoms with E-state index in [0.717, 1.165) is 54.6 Å². The second-order valence-electron chi connectivity index (χ2n) is 13.0. The Morgan fingerprint density at radius 3 is 1.22 bits per heavy atom. The van der Waals surface area contributed by atoms with Gasteiger partial charge in [0.1, 0.15) is 12.5 Å². The van der Waals surface area contributed by atoms with Crippen LogP contribution in [0.2, 0.25) is 0 Å². The van der Waals surface area contributed by atoms with E-state index in [1.54, 1.807) is 0 Å². The molecular formula is C37H36N2O7. The van der Waals surface area contributed by atoms with Gasteiger partial charge in [-0.05, 0) is 70.2 Å². The predicted octanol–water partition coefficient (Wildman–Crippen LogP) is 5.58. The van der Waals surface area contributed by atoms with E-state index < -0.39 is 30.1 Å². The zero-order valence-electron chi connectivity index (χ0n) is 25.2. The van der Waals surface area contributed by atoms with Crippen molar-refractivity contribution in [1.29, 1.82) is 0 Å². The van der Waals surface area contributed by atoms with Crippen LogP contribution in [-0.2, 0) is 9.68 Å². The first-order valence-corrected chi connectivity index (χ1v) is 15.9. The molecule has 0 spiro atoms. The molecule has 46 heavy (non-hydrogen) atoms. The third-order valence-corrected chi connectivity index (χ3v) is 10.3. The summed E-state index contributed by atoms with van der Waals surface area (Å²) in [5.41, 5.74) is 5.21. The van der Waals surface area contributed by atoms with Gasteiger partial charge in [0.05, 0.1) is 0 Å². The number of carbonyl (C=O) groups is 1. The second-order valence-corrected chi connectivity index (χ2v) is 13.0. The molecule has 2 aliphatic heterocycles. The highest BCUT2D eigenvalue weighted by atomic mass is 16.9. The highest BCUT2D eigenvalue weighted by Gasteiger charge is 2.53. The number of hydroxylamine groups is 4. The van der Waals surface area contributed by atoms with Crippen molar-refractivity contribution in [3.8, 4) is 22.3 Å². The Morgan fingerprint density at radius 2 is 0.891 bits per heavy atom. The van der Waals surface area contributed by atoms with Gasteiger partial charge in [-0.1, -0.05) is 107 Å². The molecule has 4 aliphatic rings. The van der Waals surface area contributed by atoms with Crippen molar-refractivity contribution < 1.29 is 34.9 Å². The van der Waals surface area contributed by atoms with E-state index in [1.165, 1.54) is 0 Å². The summed E-state index contributed by atoms with van der Waals surface area (Å²) in [6.45, 7) is 0. The Morgan fingerprint density at radius 1 is 0.587 bits per heavy atom. The quantitative estimate of drug-likeness (QED) is 0.219. The zero-order chi connectivity index (χ0) is 31.6. The molecule has 4 aromatic carbocycles.